The molecule has 0 amide bonds. The smallest absolute Gasteiger partial charge is 0.119 e. The Morgan fingerprint density at radius 2 is 2.05 bits per heavy atom. The molecule has 1 atom stereocenters. The van der Waals surface area contributed by atoms with Crippen molar-refractivity contribution in [2.24, 2.45) is 0 Å². The summed E-state index contributed by atoms with van der Waals surface area (Å²) in [6.07, 6.45) is 2.02. The highest BCUT2D eigenvalue weighted by molar-refractivity contribution is 5.30. The maximum atomic E-state index is 5.83. The first kappa shape index (κ1) is 17.0. The van der Waals surface area contributed by atoms with Crippen LogP contribution in [0.5, 0.6) is 5.75 Å². The summed E-state index contributed by atoms with van der Waals surface area (Å²) in [7, 11) is 1.74. The second kappa shape index (κ2) is 8.28. The van der Waals surface area contributed by atoms with Crippen molar-refractivity contribution >= 4 is 0 Å². The van der Waals surface area contributed by atoms with Crippen molar-refractivity contribution < 1.29 is 9.47 Å². The van der Waals surface area contributed by atoms with Crippen LogP contribution in [0.15, 0.2) is 24.3 Å². The number of hydrogen-bond acceptors (Lipinski definition) is 3. The number of methoxy groups -OCH3 is 1. The molecule has 0 bridgehead atoms. The molecule has 1 aromatic carbocycles. The summed E-state index contributed by atoms with van der Waals surface area (Å²) >= 11 is 0. The van der Waals surface area contributed by atoms with Crippen LogP contribution in [0.1, 0.15) is 52.1 Å². The Hall–Kier alpha value is -1.06. The number of rotatable bonds is 9. The van der Waals surface area contributed by atoms with E-state index in [0.717, 1.165) is 25.1 Å². The summed E-state index contributed by atoms with van der Waals surface area (Å²) < 4.78 is 11.2. The van der Waals surface area contributed by atoms with Gasteiger partial charge in [0.25, 0.3) is 0 Å². The van der Waals surface area contributed by atoms with Crippen molar-refractivity contribution in [2.45, 2.75) is 52.2 Å². The Morgan fingerprint density at radius 1 is 1.30 bits per heavy atom. The molecule has 1 unspecified atom stereocenters. The normalized spacial score (nSPS) is 13.2. The first-order valence-corrected chi connectivity index (χ1v) is 7.50. The van der Waals surface area contributed by atoms with Gasteiger partial charge in [-0.15, -0.1) is 0 Å². The average molecular weight is 279 g/mol. The fourth-order valence-corrected chi connectivity index (χ4v) is 1.87. The van der Waals surface area contributed by atoms with Crippen LogP contribution in [-0.2, 0) is 4.74 Å². The third-order valence-electron chi connectivity index (χ3n) is 3.58. The molecular weight excluding hydrogens is 250 g/mol. The lowest BCUT2D eigenvalue weighted by molar-refractivity contribution is 0.00545. The van der Waals surface area contributed by atoms with Gasteiger partial charge in [0, 0.05) is 19.6 Å². The second-order valence-corrected chi connectivity index (χ2v) is 5.81. The quantitative estimate of drug-likeness (QED) is 0.742. The largest absolute Gasteiger partial charge is 0.493 e. The summed E-state index contributed by atoms with van der Waals surface area (Å²) in [5.41, 5.74) is 1.13. The Kier molecular flexibility index (Phi) is 7.03. The Labute approximate surface area is 123 Å². The minimum atomic E-state index is -0.131. The molecule has 0 fully saturated rings. The van der Waals surface area contributed by atoms with E-state index in [2.05, 4.69) is 51.2 Å². The zero-order valence-corrected chi connectivity index (χ0v) is 13.5. The molecule has 0 saturated heterocycles. The molecule has 3 heteroatoms. The van der Waals surface area contributed by atoms with Crippen LogP contribution < -0.4 is 10.1 Å². The lowest BCUT2D eigenvalue weighted by atomic mass is 10.1. The van der Waals surface area contributed by atoms with Gasteiger partial charge >= 0.3 is 0 Å². The highest BCUT2D eigenvalue weighted by Crippen LogP contribution is 2.20. The van der Waals surface area contributed by atoms with Gasteiger partial charge in [0.15, 0.2) is 0 Å². The molecule has 1 rings (SSSR count). The van der Waals surface area contributed by atoms with E-state index in [1.165, 1.54) is 5.56 Å². The van der Waals surface area contributed by atoms with Gasteiger partial charge in [-0.25, -0.2) is 0 Å². The van der Waals surface area contributed by atoms with Crippen LogP contribution in [0.25, 0.3) is 0 Å². The molecule has 1 aromatic rings. The summed E-state index contributed by atoms with van der Waals surface area (Å²) in [5.74, 6) is 0.930. The van der Waals surface area contributed by atoms with Crippen molar-refractivity contribution in [2.75, 3.05) is 20.3 Å². The van der Waals surface area contributed by atoms with Gasteiger partial charge in [-0.2, -0.15) is 0 Å². The van der Waals surface area contributed by atoms with E-state index in [1.54, 1.807) is 7.11 Å². The fourth-order valence-electron chi connectivity index (χ4n) is 1.87. The molecule has 1 N–H and O–H groups in total. The molecule has 0 spiro atoms. The molecule has 3 nitrogen and oxygen atoms in total. The lowest BCUT2D eigenvalue weighted by Gasteiger charge is -2.22. The third-order valence-corrected chi connectivity index (χ3v) is 3.58. The van der Waals surface area contributed by atoms with E-state index in [9.17, 15) is 0 Å². The molecule has 0 aliphatic rings. The SMILES string of the molecule is CCCNC(C)c1cccc(OCCC(C)(C)OC)c1. The molecule has 0 heterocycles. The van der Waals surface area contributed by atoms with Gasteiger partial charge < -0.3 is 14.8 Å². The van der Waals surface area contributed by atoms with Crippen LogP contribution in [0, 0.1) is 0 Å². The molecule has 0 radical (unpaired) electrons. The van der Waals surface area contributed by atoms with Crippen LogP contribution in [0.4, 0.5) is 0 Å². The van der Waals surface area contributed by atoms with E-state index in [-0.39, 0.29) is 5.60 Å². The summed E-state index contributed by atoms with van der Waals surface area (Å²) in [6, 6.07) is 8.67. The predicted molar refractivity (Wildman–Crippen MR) is 84.4 cm³/mol. The van der Waals surface area contributed by atoms with Crippen LogP contribution in [-0.4, -0.2) is 25.9 Å². The van der Waals surface area contributed by atoms with Crippen molar-refractivity contribution in [3.05, 3.63) is 29.8 Å². The van der Waals surface area contributed by atoms with E-state index in [1.807, 2.05) is 6.07 Å². The van der Waals surface area contributed by atoms with E-state index in [0.29, 0.717) is 12.6 Å². The molecule has 0 saturated carbocycles. The van der Waals surface area contributed by atoms with E-state index < -0.39 is 0 Å². The first-order chi connectivity index (χ1) is 9.48. The van der Waals surface area contributed by atoms with Gasteiger partial charge in [-0.1, -0.05) is 19.1 Å². The maximum absolute atomic E-state index is 5.83. The highest BCUT2D eigenvalue weighted by atomic mass is 16.5. The zero-order chi connectivity index (χ0) is 15.0. The average Bonchev–Trinajstić information content (AvgIpc) is 2.45. The molecule has 20 heavy (non-hydrogen) atoms. The third kappa shape index (κ3) is 5.93. The van der Waals surface area contributed by atoms with Crippen LogP contribution in [0.2, 0.25) is 0 Å². The molecule has 0 aliphatic carbocycles. The minimum absolute atomic E-state index is 0.131. The van der Waals surface area contributed by atoms with Crippen LogP contribution in [0.3, 0.4) is 0 Å². The van der Waals surface area contributed by atoms with Gasteiger partial charge in [0.1, 0.15) is 5.75 Å². The Balaban J connectivity index is 2.51. The predicted octanol–water partition coefficient (Wildman–Crippen LogP) is 3.94. The molecule has 114 valence electrons. The number of benzene rings is 1. The van der Waals surface area contributed by atoms with Gasteiger partial charge in [0.05, 0.1) is 12.2 Å². The Bertz CT molecular complexity index is 390. The second-order valence-electron chi connectivity index (χ2n) is 5.81. The van der Waals surface area contributed by atoms with Gasteiger partial charge in [-0.3, -0.25) is 0 Å². The number of ether oxygens (including phenoxy) is 2. The van der Waals surface area contributed by atoms with Gasteiger partial charge in [-0.05, 0) is 51.4 Å². The maximum Gasteiger partial charge on any atom is 0.119 e. The van der Waals surface area contributed by atoms with Crippen molar-refractivity contribution in [1.82, 2.24) is 5.32 Å². The van der Waals surface area contributed by atoms with Crippen LogP contribution >= 0.6 is 0 Å². The first-order valence-electron chi connectivity index (χ1n) is 7.50. The molecule has 0 aromatic heterocycles. The van der Waals surface area contributed by atoms with E-state index in [4.69, 9.17) is 9.47 Å². The fraction of sp³-hybridized carbons (Fsp3) is 0.647. The highest BCUT2D eigenvalue weighted by Gasteiger charge is 2.16. The molecular formula is C17H29NO2. The van der Waals surface area contributed by atoms with Crippen molar-refractivity contribution in [3.8, 4) is 5.75 Å². The van der Waals surface area contributed by atoms with E-state index >= 15 is 0 Å². The van der Waals surface area contributed by atoms with Gasteiger partial charge in [0.2, 0.25) is 0 Å². The standard InChI is InChI=1S/C17H29NO2/c1-6-11-18-14(2)15-8-7-9-16(13-15)20-12-10-17(3,4)19-5/h7-9,13-14,18H,6,10-12H2,1-5H3. The summed E-state index contributed by atoms with van der Waals surface area (Å²) in [4.78, 5) is 0. The summed E-state index contributed by atoms with van der Waals surface area (Å²) in [6.45, 7) is 10.2. The monoisotopic (exact) mass is 279 g/mol. The van der Waals surface area contributed by atoms with Crippen molar-refractivity contribution in [1.29, 1.82) is 0 Å². The summed E-state index contributed by atoms with van der Waals surface area (Å²) in [5, 5.41) is 3.49. The Morgan fingerprint density at radius 3 is 2.70 bits per heavy atom. The number of nitrogens with one attached hydrogen (secondary N) is 1. The lowest BCUT2D eigenvalue weighted by Crippen LogP contribution is -2.25. The molecule has 0 aliphatic heterocycles. The zero-order valence-electron chi connectivity index (χ0n) is 13.5. The topological polar surface area (TPSA) is 30.5 Å². The number of hydrogen-bond donors (Lipinski definition) is 1. The van der Waals surface area contributed by atoms with Crippen molar-refractivity contribution in [3.63, 3.8) is 0 Å². The minimum Gasteiger partial charge on any atom is -0.493 e.